The zero-order valence-electron chi connectivity index (χ0n) is 10.2. The number of hydrogen-bond donors (Lipinski definition) is 0. The van der Waals surface area contributed by atoms with Gasteiger partial charge in [-0.15, -0.1) is 0 Å². The fraction of sp³-hybridized carbons (Fsp3) is 0.500. The van der Waals surface area contributed by atoms with Gasteiger partial charge in [-0.1, -0.05) is 23.7 Å². The molecule has 0 heterocycles. The summed E-state index contributed by atoms with van der Waals surface area (Å²) >= 11 is 5.99. The summed E-state index contributed by atoms with van der Waals surface area (Å²) in [6, 6.07) is 7.26. The van der Waals surface area contributed by atoms with E-state index in [0.29, 0.717) is 17.0 Å². The molecule has 0 spiro atoms. The van der Waals surface area contributed by atoms with Gasteiger partial charge in [-0.25, -0.2) is 0 Å². The van der Waals surface area contributed by atoms with Gasteiger partial charge in [0, 0.05) is 25.1 Å². The van der Waals surface area contributed by atoms with Gasteiger partial charge in [-0.2, -0.15) is 0 Å². The maximum Gasteiger partial charge on any atom is 0.165 e. The molecule has 0 unspecified atom stereocenters. The lowest BCUT2D eigenvalue weighted by Crippen LogP contribution is -2.24. The van der Waals surface area contributed by atoms with Gasteiger partial charge in [0.2, 0.25) is 0 Å². The Morgan fingerprint density at radius 1 is 1.41 bits per heavy atom. The monoisotopic (exact) mass is 251 g/mol. The molecule has 0 N–H and O–H groups in total. The molecule has 0 amide bonds. The topological polar surface area (TPSA) is 20.3 Å². The summed E-state index contributed by atoms with van der Waals surface area (Å²) in [5, 5.41) is 0.558. The molecule has 0 aliphatic heterocycles. The van der Waals surface area contributed by atoms with Gasteiger partial charge in [0.15, 0.2) is 5.78 Å². The van der Waals surface area contributed by atoms with Gasteiger partial charge in [-0.3, -0.25) is 4.79 Å². The van der Waals surface area contributed by atoms with E-state index in [9.17, 15) is 4.79 Å². The summed E-state index contributed by atoms with van der Waals surface area (Å²) < 4.78 is 0. The average molecular weight is 252 g/mol. The Morgan fingerprint density at radius 2 is 2.12 bits per heavy atom. The maximum absolute atomic E-state index is 12.0. The second-order valence-corrected chi connectivity index (χ2v) is 5.27. The first-order chi connectivity index (χ1) is 8.16. The van der Waals surface area contributed by atoms with Crippen LogP contribution in [0.25, 0.3) is 0 Å². The van der Waals surface area contributed by atoms with Crippen molar-refractivity contribution in [1.29, 1.82) is 0 Å². The van der Waals surface area contributed by atoms with E-state index in [4.69, 9.17) is 11.6 Å². The van der Waals surface area contributed by atoms with E-state index in [0.717, 1.165) is 19.0 Å². The quantitative estimate of drug-likeness (QED) is 0.724. The Morgan fingerprint density at radius 3 is 2.76 bits per heavy atom. The van der Waals surface area contributed by atoms with E-state index >= 15 is 0 Å². The van der Waals surface area contributed by atoms with Gasteiger partial charge < -0.3 is 4.90 Å². The molecule has 1 saturated carbocycles. The fourth-order valence-corrected chi connectivity index (χ4v) is 2.19. The SMILES string of the molecule is CN(CCC(=O)c1ccccc1Cl)CC1CC1. The summed E-state index contributed by atoms with van der Waals surface area (Å²) in [6.07, 6.45) is 3.25. The number of ketones is 1. The average Bonchev–Trinajstić information content (AvgIpc) is 3.10. The van der Waals surface area contributed by atoms with Crippen LogP contribution in [-0.2, 0) is 0 Å². The minimum Gasteiger partial charge on any atom is -0.306 e. The molecule has 0 atom stereocenters. The molecule has 1 aromatic rings. The van der Waals surface area contributed by atoms with Crippen LogP contribution in [0.3, 0.4) is 0 Å². The highest BCUT2D eigenvalue weighted by molar-refractivity contribution is 6.33. The predicted octanol–water partition coefficient (Wildman–Crippen LogP) is 3.25. The molecule has 1 aromatic carbocycles. The van der Waals surface area contributed by atoms with Crippen LogP contribution in [0, 0.1) is 5.92 Å². The van der Waals surface area contributed by atoms with Crippen LogP contribution >= 0.6 is 11.6 Å². The molecular weight excluding hydrogens is 234 g/mol. The van der Waals surface area contributed by atoms with Crippen LogP contribution < -0.4 is 0 Å². The van der Waals surface area contributed by atoms with Crippen LogP contribution in [0.2, 0.25) is 5.02 Å². The highest BCUT2D eigenvalue weighted by atomic mass is 35.5. The number of Topliss-reactive ketones (excluding diaryl/α,β-unsaturated/α-hetero) is 1. The van der Waals surface area contributed by atoms with Crippen LogP contribution in [0.15, 0.2) is 24.3 Å². The molecule has 3 heteroatoms. The van der Waals surface area contributed by atoms with Crippen molar-refractivity contribution in [3.63, 3.8) is 0 Å². The van der Waals surface area contributed by atoms with Crippen molar-refractivity contribution in [2.75, 3.05) is 20.1 Å². The van der Waals surface area contributed by atoms with Gasteiger partial charge in [0.25, 0.3) is 0 Å². The number of halogens is 1. The second-order valence-electron chi connectivity index (χ2n) is 4.86. The van der Waals surface area contributed by atoms with Crippen LogP contribution in [-0.4, -0.2) is 30.8 Å². The Balaban J connectivity index is 1.82. The van der Waals surface area contributed by atoms with Gasteiger partial charge in [0.05, 0.1) is 5.02 Å². The number of rotatable bonds is 6. The zero-order chi connectivity index (χ0) is 12.3. The summed E-state index contributed by atoms with van der Waals surface area (Å²) in [6.45, 7) is 1.94. The number of carbonyl (C=O) groups is 1. The maximum atomic E-state index is 12.0. The lowest BCUT2D eigenvalue weighted by Gasteiger charge is -2.15. The normalized spacial score (nSPS) is 15.2. The fourth-order valence-electron chi connectivity index (χ4n) is 1.95. The Kier molecular flexibility index (Phi) is 4.19. The van der Waals surface area contributed by atoms with E-state index in [-0.39, 0.29) is 5.78 Å². The number of nitrogens with zero attached hydrogens (tertiary/aromatic N) is 1. The summed E-state index contributed by atoms with van der Waals surface area (Å²) in [7, 11) is 2.08. The van der Waals surface area contributed by atoms with Crippen molar-refractivity contribution in [1.82, 2.24) is 4.90 Å². The molecule has 0 radical (unpaired) electrons. The Bertz CT molecular complexity index is 401. The third-order valence-electron chi connectivity index (χ3n) is 3.16. The minimum absolute atomic E-state index is 0.137. The van der Waals surface area contributed by atoms with Crippen molar-refractivity contribution < 1.29 is 4.79 Å². The molecule has 1 fully saturated rings. The first-order valence-corrected chi connectivity index (χ1v) is 6.51. The van der Waals surface area contributed by atoms with Crippen molar-refractivity contribution in [2.24, 2.45) is 5.92 Å². The van der Waals surface area contributed by atoms with E-state index < -0.39 is 0 Å². The van der Waals surface area contributed by atoms with Crippen molar-refractivity contribution >= 4 is 17.4 Å². The third-order valence-corrected chi connectivity index (χ3v) is 3.49. The van der Waals surface area contributed by atoms with E-state index in [1.54, 1.807) is 12.1 Å². The molecule has 92 valence electrons. The van der Waals surface area contributed by atoms with Crippen molar-refractivity contribution in [3.05, 3.63) is 34.9 Å². The number of hydrogen-bond acceptors (Lipinski definition) is 2. The third kappa shape index (κ3) is 3.83. The molecule has 1 aliphatic carbocycles. The van der Waals surface area contributed by atoms with Crippen molar-refractivity contribution in [3.8, 4) is 0 Å². The van der Waals surface area contributed by atoms with Gasteiger partial charge in [-0.05, 0) is 37.9 Å². The number of benzene rings is 1. The molecule has 2 rings (SSSR count). The largest absolute Gasteiger partial charge is 0.306 e. The van der Waals surface area contributed by atoms with E-state index in [2.05, 4.69) is 11.9 Å². The van der Waals surface area contributed by atoms with Crippen molar-refractivity contribution in [2.45, 2.75) is 19.3 Å². The predicted molar refractivity (Wildman–Crippen MR) is 70.6 cm³/mol. The molecule has 1 aliphatic rings. The lowest BCUT2D eigenvalue weighted by molar-refractivity contribution is 0.0968. The van der Waals surface area contributed by atoms with Gasteiger partial charge in [0.1, 0.15) is 0 Å². The molecule has 0 saturated heterocycles. The smallest absolute Gasteiger partial charge is 0.165 e. The zero-order valence-corrected chi connectivity index (χ0v) is 10.9. The number of carbonyl (C=O) groups excluding carboxylic acids is 1. The van der Waals surface area contributed by atoms with E-state index in [1.165, 1.54) is 12.8 Å². The van der Waals surface area contributed by atoms with E-state index in [1.807, 2.05) is 12.1 Å². The minimum atomic E-state index is 0.137. The summed E-state index contributed by atoms with van der Waals surface area (Å²) in [4.78, 5) is 14.2. The van der Waals surface area contributed by atoms with Crippen LogP contribution in [0.4, 0.5) is 0 Å². The lowest BCUT2D eigenvalue weighted by atomic mass is 10.1. The Labute approximate surface area is 108 Å². The van der Waals surface area contributed by atoms with Crippen LogP contribution in [0.5, 0.6) is 0 Å². The summed E-state index contributed by atoms with van der Waals surface area (Å²) in [5.41, 5.74) is 0.647. The standard InChI is InChI=1S/C14H18ClNO/c1-16(10-11-6-7-11)9-8-14(17)12-4-2-3-5-13(12)15/h2-5,11H,6-10H2,1H3. The van der Waals surface area contributed by atoms with Crippen LogP contribution in [0.1, 0.15) is 29.6 Å². The molecule has 0 aromatic heterocycles. The van der Waals surface area contributed by atoms with Gasteiger partial charge >= 0.3 is 0 Å². The molecule has 0 bridgehead atoms. The Hall–Kier alpha value is -0.860. The second kappa shape index (κ2) is 5.65. The molecular formula is C14H18ClNO. The highest BCUT2D eigenvalue weighted by Gasteiger charge is 2.22. The molecule has 17 heavy (non-hydrogen) atoms. The highest BCUT2D eigenvalue weighted by Crippen LogP contribution is 2.29. The first kappa shape index (κ1) is 12.6. The first-order valence-electron chi connectivity index (χ1n) is 6.13. The molecule has 2 nitrogen and oxygen atoms in total. The summed E-state index contributed by atoms with van der Waals surface area (Å²) in [5.74, 6) is 1.01.